The van der Waals surface area contributed by atoms with Crippen molar-refractivity contribution in [3.63, 3.8) is 0 Å². The number of aryl methyl sites for hydroxylation is 1. The molecule has 6 nitrogen and oxygen atoms in total. The van der Waals surface area contributed by atoms with Crippen molar-refractivity contribution in [2.24, 2.45) is 0 Å². The van der Waals surface area contributed by atoms with Crippen molar-refractivity contribution in [3.05, 3.63) is 94.6 Å². The maximum atomic E-state index is 13.2. The van der Waals surface area contributed by atoms with Gasteiger partial charge in [-0.05, 0) is 54.3 Å². The number of ketones is 1. The zero-order valence-electron chi connectivity index (χ0n) is 17.7. The van der Waals surface area contributed by atoms with Crippen LogP contribution < -0.4 is 5.32 Å². The van der Waals surface area contributed by atoms with Crippen LogP contribution in [0.15, 0.2) is 71.1 Å². The molecule has 0 fully saturated rings. The first kappa shape index (κ1) is 21.0. The van der Waals surface area contributed by atoms with Crippen molar-refractivity contribution >= 4 is 33.4 Å². The van der Waals surface area contributed by atoms with Gasteiger partial charge in [0.05, 0.1) is 10.2 Å². The lowest BCUT2D eigenvalue weighted by Crippen LogP contribution is -2.05. The van der Waals surface area contributed by atoms with Crippen molar-refractivity contribution in [1.29, 1.82) is 0 Å². The Morgan fingerprint density at radius 1 is 1.00 bits per heavy atom. The molecule has 3 aromatic carbocycles. The van der Waals surface area contributed by atoms with Crippen molar-refractivity contribution in [2.75, 3.05) is 11.9 Å². The molecule has 0 unspecified atom stereocenters. The fourth-order valence-electron chi connectivity index (χ4n) is 3.39. The summed E-state index contributed by atoms with van der Waals surface area (Å²) in [5.41, 5.74) is 4.91. The average Bonchev–Trinajstić information content (AvgIpc) is 3.47. The summed E-state index contributed by atoms with van der Waals surface area (Å²) in [4.78, 5) is 17.2. The molecule has 5 aromatic rings. The molecule has 0 amide bonds. The van der Waals surface area contributed by atoms with Gasteiger partial charge in [-0.2, -0.15) is 0 Å². The van der Waals surface area contributed by atoms with Gasteiger partial charge >= 0.3 is 6.01 Å². The molecule has 0 saturated heterocycles. The third kappa shape index (κ3) is 4.65. The number of benzene rings is 3. The molecule has 164 valence electrons. The summed E-state index contributed by atoms with van der Waals surface area (Å²) in [6.45, 7) is 2.65. The summed E-state index contributed by atoms with van der Waals surface area (Å²) in [6, 6.07) is 20.4. The minimum Gasteiger partial charge on any atom is -0.400 e. The fraction of sp³-hybridized carbons (Fsp3) is 0.120. The van der Waals surface area contributed by atoms with E-state index in [0.717, 1.165) is 22.2 Å². The fourth-order valence-corrected chi connectivity index (χ4v) is 4.33. The van der Waals surface area contributed by atoms with E-state index < -0.39 is 5.78 Å². The van der Waals surface area contributed by atoms with E-state index in [4.69, 9.17) is 4.42 Å². The monoisotopic (exact) mass is 458 g/mol. The molecule has 0 aliphatic heterocycles. The van der Waals surface area contributed by atoms with Crippen LogP contribution >= 0.6 is 11.3 Å². The maximum Gasteiger partial charge on any atom is 0.315 e. The Morgan fingerprint density at radius 2 is 1.76 bits per heavy atom. The molecule has 33 heavy (non-hydrogen) atoms. The van der Waals surface area contributed by atoms with Crippen molar-refractivity contribution in [2.45, 2.75) is 13.3 Å². The molecule has 0 bridgehead atoms. The third-order valence-corrected chi connectivity index (χ3v) is 6.21. The van der Waals surface area contributed by atoms with E-state index in [1.165, 1.54) is 34.6 Å². The summed E-state index contributed by atoms with van der Waals surface area (Å²) in [5.74, 6) is -0.807. The Morgan fingerprint density at radius 3 is 2.55 bits per heavy atom. The number of aromatic nitrogens is 3. The second-order valence-corrected chi connectivity index (χ2v) is 8.64. The van der Waals surface area contributed by atoms with E-state index in [1.54, 1.807) is 12.1 Å². The minimum atomic E-state index is -0.418. The van der Waals surface area contributed by atoms with Gasteiger partial charge in [-0.3, -0.25) is 4.79 Å². The van der Waals surface area contributed by atoms with Crippen LogP contribution in [0.2, 0.25) is 0 Å². The molecule has 0 radical (unpaired) electrons. The van der Waals surface area contributed by atoms with Gasteiger partial charge in [0.1, 0.15) is 5.82 Å². The molecule has 5 rings (SSSR count). The van der Waals surface area contributed by atoms with E-state index in [9.17, 15) is 9.18 Å². The van der Waals surface area contributed by atoms with Gasteiger partial charge in [-0.25, -0.2) is 9.37 Å². The first-order valence-corrected chi connectivity index (χ1v) is 11.2. The SMILES string of the molecule is Cc1ccc(CCNc2nnc(C(=O)c3nc4ccc(-c5ccc(F)cc5)cc4s3)o2)cc1. The predicted octanol–water partition coefficient (Wildman–Crippen LogP) is 5.68. The summed E-state index contributed by atoms with van der Waals surface area (Å²) in [7, 11) is 0. The number of nitrogens with one attached hydrogen (secondary N) is 1. The van der Waals surface area contributed by atoms with Gasteiger partial charge in [0.15, 0.2) is 5.01 Å². The van der Waals surface area contributed by atoms with E-state index in [2.05, 4.69) is 51.7 Å². The van der Waals surface area contributed by atoms with Gasteiger partial charge < -0.3 is 9.73 Å². The first-order chi connectivity index (χ1) is 16.0. The summed E-state index contributed by atoms with van der Waals surface area (Å²) in [5, 5.41) is 11.1. The lowest BCUT2D eigenvalue weighted by atomic mass is 10.1. The van der Waals surface area contributed by atoms with Gasteiger partial charge in [0.2, 0.25) is 0 Å². The number of hydrogen-bond donors (Lipinski definition) is 1. The average molecular weight is 459 g/mol. The number of nitrogens with zero attached hydrogens (tertiary/aromatic N) is 3. The molecule has 8 heteroatoms. The zero-order chi connectivity index (χ0) is 22.8. The number of hydrogen-bond acceptors (Lipinski definition) is 7. The molecule has 0 aliphatic carbocycles. The molecular formula is C25H19FN4O2S. The van der Waals surface area contributed by atoms with Gasteiger partial charge in [-0.15, -0.1) is 16.4 Å². The normalized spacial score (nSPS) is 11.1. The van der Waals surface area contributed by atoms with Gasteiger partial charge in [-0.1, -0.05) is 53.1 Å². The summed E-state index contributed by atoms with van der Waals surface area (Å²) in [6.07, 6.45) is 0.792. The number of halogens is 1. The lowest BCUT2D eigenvalue weighted by molar-refractivity contribution is 0.100. The van der Waals surface area contributed by atoms with E-state index in [-0.39, 0.29) is 22.7 Å². The second kappa shape index (κ2) is 8.91. The quantitative estimate of drug-likeness (QED) is 0.316. The minimum absolute atomic E-state index is 0.106. The Labute approximate surface area is 193 Å². The second-order valence-electron chi connectivity index (χ2n) is 7.61. The van der Waals surface area contributed by atoms with Crippen LogP contribution in [0.25, 0.3) is 21.3 Å². The maximum absolute atomic E-state index is 13.2. The van der Waals surface area contributed by atoms with E-state index >= 15 is 0 Å². The van der Waals surface area contributed by atoms with E-state index in [0.29, 0.717) is 12.1 Å². The van der Waals surface area contributed by atoms with Gasteiger partial charge in [0.25, 0.3) is 11.7 Å². The van der Waals surface area contributed by atoms with E-state index in [1.807, 2.05) is 18.2 Å². The Bertz CT molecular complexity index is 1430. The number of carbonyl (C=O) groups is 1. The molecule has 0 spiro atoms. The molecule has 0 atom stereocenters. The van der Waals surface area contributed by atoms with Crippen LogP contribution in [0.4, 0.5) is 10.4 Å². The molecule has 0 saturated carbocycles. The van der Waals surface area contributed by atoms with Crippen LogP contribution in [-0.2, 0) is 6.42 Å². The molecule has 1 N–H and O–H groups in total. The van der Waals surface area contributed by atoms with Crippen LogP contribution in [0.5, 0.6) is 0 Å². The number of anilines is 1. The van der Waals surface area contributed by atoms with Crippen molar-refractivity contribution in [3.8, 4) is 11.1 Å². The third-order valence-electron chi connectivity index (χ3n) is 5.19. The summed E-state index contributed by atoms with van der Waals surface area (Å²) >= 11 is 1.25. The van der Waals surface area contributed by atoms with Crippen LogP contribution in [0, 0.1) is 12.7 Å². The Balaban J connectivity index is 1.28. The number of rotatable bonds is 7. The highest BCUT2D eigenvalue weighted by Crippen LogP contribution is 2.29. The zero-order valence-corrected chi connectivity index (χ0v) is 18.5. The Kier molecular flexibility index (Phi) is 5.66. The van der Waals surface area contributed by atoms with Gasteiger partial charge in [0, 0.05) is 6.54 Å². The number of thiazole rings is 1. The first-order valence-electron chi connectivity index (χ1n) is 10.4. The van der Waals surface area contributed by atoms with Crippen LogP contribution in [-0.4, -0.2) is 27.5 Å². The highest BCUT2D eigenvalue weighted by molar-refractivity contribution is 7.20. The number of carbonyl (C=O) groups excluding carboxylic acids is 1. The molecule has 2 heterocycles. The highest BCUT2D eigenvalue weighted by atomic mass is 32.1. The molecule has 2 aromatic heterocycles. The number of fused-ring (bicyclic) bond motifs is 1. The van der Waals surface area contributed by atoms with Crippen molar-refractivity contribution < 1.29 is 13.6 Å². The standard InChI is InChI=1S/C25H19FN4O2S/c1-15-2-4-16(5-3-15)12-13-27-25-30-29-23(32-25)22(31)24-28-20-11-8-18(14-21(20)33-24)17-6-9-19(26)10-7-17/h2-11,14H,12-13H2,1H3,(H,27,30). The van der Waals surface area contributed by atoms with Crippen molar-refractivity contribution in [1.82, 2.24) is 15.2 Å². The molecule has 0 aliphatic rings. The van der Waals surface area contributed by atoms with Crippen LogP contribution in [0.1, 0.15) is 26.8 Å². The summed E-state index contributed by atoms with van der Waals surface area (Å²) < 4.78 is 19.5. The largest absolute Gasteiger partial charge is 0.400 e. The topological polar surface area (TPSA) is 80.9 Å². The Hall–Kier alpha value is -3.91. The molecular weight excluding hydrogens is 439 g/mol. The highest BCUT2D eigenvalue weighted by Gasteiger charge is 2.21. The lowest BCUT2D eigenvalue weighted by Gasteiger charge is -2.02. The predicted molar refractivity (Wildman–Crippen MR) is 126 cm³/mol. The smallest absolute Gasteiger partial charge is 0.315 e. The van der Waals surface area contributed by atoms with Crippen LogP contribution in [0.3, 0.4) is 0 Å².